The van der Waals surface area contributed by atoms with Gasteiger partial charge < -0.3 is 9.80 Å². The van der Waals surface area contributed by atoms with Crippen molar-refractivity contribution in [3.8, 4) is 0 Å². The molecule has 0 fully saturated rings. The standard InChI is InChI=1S/C36H36N2/c1-5-13-31(14-6-1)37(32-15-7-2-8-16-32)35-25-21-29(22-26-35)30-23-27-36(28-24-30)38(33-17-9-3-10-18-33)34-19-11-4-12-20-34/h1-3,5-11,13-15,17,19-25,27-28,32-33,35H,4,12,16,18,26H2. The maximum absolute atomic E-state index is 2.57. The summed E-state index contributed by atoms with van der Waals surface area (Å²) in [5.41, 5.74) is 6.43. The lowest BCUT2D eigenvalue weighted by Crippen LogP contribution is -2.42. The Bertz CT molecular complexity index is 1350. The average molecular weight is 497 g/mol. The molecule has 2 aromatic rings. The van der Waals surface area contributed by atoms with Gasteiger partial charge >= 0.3 is 0 Å². The first-order chi connectivity index (χ1) is 18.9. The summed E-state index contributed by atoms with van der Waals surface area (Å²) >= 11 is 0. The van der Waals surface area contributed by atoms with Crippen LogP contribution in [0.25, 0.3) is 5.57 Å². The molecule has 6 rings (SSSR count). The maximum atomic E-state index is 2.57. The second kappa shape index (κ2) is 11.6. The smallest absolute Gasteiger partial charge is 0.0559 e. The normalized spacial score (nSPS) is 23.7. The van der Waals surface area contributed by atoms with Crippen molar-refractivity contribution in [3.05, 3.63) is 151 Å². The van der Waals surface area contributed by atoms with Crippen molar-refractivity contribution in [2.45, 2.75) is 50.2 Å². The summed E-state index contributed by atoms with van der Waals surface area (Å²) in [4.78, 5) is 5.06. The minimum absolute atomic E-state index is 0.341. The fourth-order valence-electron chi connectivity index (χ4n) is 5.92. The second-order valence-electron chi connectivity index (χ2n) is 10.3. The number of nitrogens with zero attached hydrogens (tertiary/aromatic N) is 2. The number of allylic oxidation sites excluding steroid dienone is 9. The van der Waals surface area contributed by atoms with Crippen LogP contribution in [-0.2, 0) is 0 Å². The summed E-state index contributed by atoms with van der Waals surface area (Å²) in [6, 6.07) is 21.1. The molecule has 4 aliphatic carbocycles. The van der Waals surface area contributed by atoms with Gasteiger partial charge in [0.2, 0.25) is 0 Å². The number of para-hydroxylation sites is 1. The van der Waals surface area contributed by atoms with Gasteiger partial charge in [0.1, 0.15) is 0 Å². The first-order valence-corrected chi connectivity index (χ1v) is 14.0. The third kappa shape index (κ3) is 5.31. The van der Waals surface area contributed by atoms with Crippen LogP contribution < -0.4 is 9.80 Å². The van der Waals surface area contributed by atoms with E-state index in [0.29, 0.717) is 18.1 Å². The lowest BCUT2D eigenvalue weighted by atomic mass is 9.93. The molecule has 3 atom stereocenters. The van der Waals surface area contributed by atoms with Gasteiger partial charge in [-0.3, -0.25) is 0 Å². The van der Waals surface area contributed by atoms with Crippen molar-refractivity contribution < 1.29 is 0 Å². The molecule has 0 saturated carbocycles. The molecular formula is C36H36N2. The lowest BCUT2D eigenvalue weighted by Gasteiger charge is -2.38. The van der Waals surface area contributed by atoms with Crippen LogP contribution in [0.1, 0.15) is 37.7 Å². The van der Waals surface area contributed by atoms with E-state index in [9.17, 15) is 0 Å². The summed E-state index contributed by atoms with van der Waals surface area (Å²) in [5.74, 6) is 0. The summed E-state index contributed by atoms with van der Waals surface area (Å²) in [6.45, 7) is 0. The predicted octanol–water partition coefficient (Wildman–Crippen LogP) is 8.71. The van der Waals surface area contributed by atoms with Crippen molar-refractivity contribution in [1.82, 2.24) is 0 Å². The highest BCUT2D eigenvalue weighted by Crippen LogP contribution is 2.33. The van der Waals surface area contributed by atoms with E-state index in [1.165, 1.54) is 28.2 Å². The third-order valence-electron chi connectivity index (χ3n) is 7.83. The fraction of sp³-hybridized carbons (Fsp3) is 0.222. The topological polar surface area (TPSA) is 6.48 Å². The minimum Gasteiger partial charge on any atom is -0.358 e. The molecule has 190 valence electrons. The van der Waals surface area contributed by atoms with E-state index in [1.54, 1.807) is 0 Å². The summed E-state index contributed by atoms with van der Waals surface area (Å²) in [7, 11) is 0. The Morgan fingerprint density at radius 3 is 1.92 bits per heavy atom. The average Bonchev–Trinajstić information content (AvgIpc) is 3.00. The molecule has 0 radical (unpaired) electrons. The zero-order valence-corrected chi connectivity index (χ0v) is 21.9. The summed E-state index contributed by atoms with van der Waals surface area (Å²) in [5, 5.41) is 0. The molecule has 0 spiro atoms. The van der Waals surface area contributed by atoms with E-state index < -0.39 is 0 Å². The van der Waals surface area contributed by atoms with Gasteiger partial charge in [-0.2, -0.15) is 0 Å². The van der Waals surface area contributed by atoms with E-state index in [-0.39, 0.29) is 0 Å². The van der Waals surface area contributed by atoms with Crippen LogP contribution >= 0.6 is 0 Å². The Labute approximate surface area is 227 Å². The van der Waals surface area contributed by atoms with Gasteiger partial charge in [0, 0.05) is 17.1 Å². The second-order valence-corrected chi connectivity index (χ2v) is 10.3. The molecule has 2 heteroatoms. The van der Waals surface area contributed by atoms with Gasteiger partial charge in [-0.1, -0.05) is 109 Å². The third-order valence-corrected chi connectivity index (χ3v) is 7.83. The molecular weight excluding hydrogens is 460 g/mol. The molecule has 2 aromatic carbocycles. The molecule has 0 heterocycles. The minimum atomic E-state index is 0.341. The molecule has 0 amide bonds. The molecule has 0 bridgehead atoms. The molecule has 2 nitrogen and oxygen atoms in total. The first-order valence-electron chi connectivity index (χ1n) is 14.0. The van der Waals surface area contributed by atoms with Crippen LogP contribution in [-0.4, -0.2) is 18.1 Å². The van der Waals surface area contributed by atoms with Crippen LogP contribution in [0.15, 0.2) is 145 Å². The number of rotatable bonds is 7. The lowest BCUT2D eigenvalue weighted by molar-refractivity contribution is 0.617. The molecule has 3 unspecified atom stereocenters. The van der Waals surface area contributed by atoms with Crippen LogP contribution in [0.4, 0.5) is 11.4 Å². The SMILES string of the molecule is C1=CCC(N(C2=CCCC=C2)c2ccc(C3=CCC(N(c4ccccc4)C4C=CC=CC4)C=C3)cc2)C=C1. The van der Waals surface area contributed by atoms with Crippen LogP contribution in [0.3, 0.4) is 0 Å². The van der Waals surface area contributed by atoms with Gasteiger partial charge in [-0.25, -0.2) is 0 Å². The van der Waals surface area contributed by atoms with E-state index in [2.05, 4.69) is 149 Å². The predicted molar refractivity (Wildman–Crippen MR) is 163 cm³/mol. The zero-order valence-electron chi connectivity index (χ0n) is 21.9. The number of benzene rings is 2. The van der Waals surface area contributed by atoms with Gasteiger partial charge in [0.25, 0.3) is 0 Å². The number of anilines is 2. The molecule has 0 aliphatic heterocycles. The monoisotopic (exact) mass is 496 g/mol. The Balaban J connectivity index is 1.21. The van der Waals surface area contributed by atoms with Crippen molar-refractivity contribution >= 4 is 16.9 Å². The van der Waals surface area contributed by atoms with Crippen LogP contribution in [0, 0.1) is 0 Å². The Morgan fingerprint density at radius 1 is 0.553 bits per heavy atom. The number of hydrogen-bond acceptors (Lipinski definition) is 2. The summed E-state index contributed by atoms with van der Waals surface area (Å²) in [6.07, 6.45) is 37.3. The van der Waals surface area contributed by atoms with E-state index in [0.717, 1.165) is 32.1 Å². The highest BCUT2D eigenvalue weighted by molar-refractivity contribution is 5.77. The molecule has 0 saturated heterocycles. The van der Waals surface area contributed by atoms with Crippen LogP contribution in [0.5, 0.6) is 0 Å². The van der Waals surface area contributed by atoms with Gasteiger partial charge in [-0.05, 0) is 73.6 Å². The van der Waals surface area contributed by atoms with E-state index in [4.69, 9.17) is 0 Å². The Kier molecular flexibility index (Phi) is 7.40. The molecule has 4 aliphatic rings. The van der Waals surface area contributed by atoms with Crippen molar-refractivity contribution in [3.63, 3.8) is 0 Å². The van der Waals surface area contributed by atoms with Crippen LogP contribution in [0.2, 0.25) is 0 Å². The van der Waals surface area contributed by atoms with E-state index >= 15 is 0 Å². The van der Waals surface area contributed by atoms with E-state index in [1.807, 2.05) is 0 Å². The maximum Gasteiger partial charge on any atom is 0.0559 e. The van der Waals surface area contributed by atoms with Gasteiger partial charge in [-0.15, -0.1) is 0 Å². The fourth-order valence-corrected chi connectivity index (χ4v) is 5.92. The van der Waals surface area contributed by atoms with Crippen molar-refractivity contribution in [2.24, 2.45) is 0 Å². The Hall–Kier alpha value is -4.04. The molecule has 0 aromatic heterocycles. The van der Waals surface area contributed by atoms with Crippen molar-refractivity contribution in [1.29, 1.82) is 0 Å². The number of hydrogen-bond donors (Lipinski definition) is 0. The summed E-state index contributed by atoms with van der Waals surface area (Å²) < 4.78 is 0. The largest absolute Gasteiger partial charge is 0.358 e. The highest BCUT2D eigenvalue weighted by atomic mass is 15.2. The highest BCUT2D eigenvalue weighted by Gasteiger charge is 2.25. The molecule has 0 N–H and O–H groups in total. The zero-order chi connectivity index (χ0) is 25.6. The molecule has 38 heavy (non-hydrogen) atoms. The quantitative estimate of drug-likeness (QED) is 0.378. The first kappa shape index (κ1) is 24.3. The van der Waals surface area contributed by atoms with Gasteiger partial charge in [0.05, 0.1) is 18.1 Å². The van der Waals surface area contributed by atoms with Gasteiger partial charge in [0.15, 0.2) is 0 Å². The Morgan fingerprint density at radius 2 is 1.29 bits per heavy atom. The van der Waals surface area contributed by atoms with Crippen molar-refractivity contribution in [2.75, 3.05) is 9.80 Å².